The van der Waals surface area contributed by atoms with Crippen molar-refractivity contribution in [1.82, 2.24) is 14.5 Å². The standard InChI is InChI=1S/C22H35N3O4S/c26-22(23-11-6-12-24-14-16-29-17-15-24)21-10-4-13-25(19-21)30(27,28)18-5-9-20-7-2-1-3-8-20/h1-3,7-8,21H,4-6,9-19H2,(H,23,26)/t21-/m1/s1. The number of hydrogen-bond acceptors (Lipinski definition) is 5. The summed E-state index contributed by atoms with van der Waals surface area (Å²) in [5.41, 5.74) is 1.15. The summed E-state index contributed by atoms with van der Waals surface area (Å²) in [4.78, 5) is 14.9. The predicted molar refractivity (Wildman–Crippen MR) is 118 cm³/mol. The van der Waals surface area contributed by atoms with Gasteiger partial charge >= 0.3 is 0 Å². The Kier molecular flexibility index (Phi) is 9.11. The van der Waals surface area contributed by atoms with Gasteiger partial charge in [0.1, 0.15) is 0 Å². The smallest absolute Gasteiger partial charge is 0.224 e. The predicted octanol–water partition coefficient (Wildman–Crippen LogP) is 1.50. The van der Waals surface area contributed by atoms with E-state index in [0.29, 0.717) is 26.1 Å². The molecule has 0 bridgehead atoms. The minimum Gasteiger partial charge on any atom is -0.379 e. The van der Waals surface area contributed by atoms with E-state index < -0.39 is 10.0 Å². The highest BCUT2D eigenvalue weighted by molar-refractivity contribution is 7.89. The maximum Gasteiger partial charge on any atom is 0.224 e. The van der Waals surface area contributed by atoms with Crippen molar-refractivity contribution in [3.63, 3.8) is 0 Å². The fourth-order valence-electron chi connectivity index (χ4n) is 4.12. The quantitative estimate of drug-likeness (QED) is 0.561. The molecular weight excluding hydrogens is 402 g/mol. The molecule has 0 aromatic heterocycles. The van der Waals surface area contributed by atoms with E-state index in [4.69, 9.17) is 4.74 Å². The summed E-state index contributed by atoms with van der Waals surface area (Å²) in [5.74, 6) is -0.123. The Morgan fingerprint density at radius 3 is 2.63 bits per heavy atom. The van der Waals surface area contributed by atoms with Gasteiger partial charge in [-0.15, -0.1) is 0 Å². The van der Waals surface area contributed by atoms with Crippen molar-refractivity contribution in [1.29, 1.82) is 0 Å². The summed E-state index contributed by atoms with van der Waals surface area (Å²) < 4.78 is 32.4. The Balaban J connectivity index is 1.38. The summed E-state index contributed by atoms with van der Waals surface area (Å²) >= 11 is 0. The van der Waals surface area contributed by atoms with E-state index in [1.165, 1.54) is 4.31 Å². The van der Waals surface area contributed by atoms with E-state index in [2.05, 4.69) is 10.2 Å². The third-order valence-electron chi connectivity index (χ3n) is 5.91. The number of nitrogens with zero attached hydrogens (tertiary/aromatic N) is 2. The van der Waals surface area contributed by atoms with E-state index in [0.717, 1.165) is 64.1 Å². The number of aryl methyl sites for hydroxylation is 1. The van der Waals surface area contributed by atoms with Crippen molar-refractivity contribution < 1.29 is 17.9 Å². The van der Waals surface area contributed by atoms with Gasteiger partial charge in [0.25, 0.3) is 0 Å². The molecular formula is C22H35N3O4S. The number of amides is 1. The second-order valence-corrected chi connectivity index (χ2v) is 10.3. The van der Waals surface area contributed by atoms with Crippen LogP contribution in [0.5, 0.6) is 0 Å². The molecule has 2 saturated heterocycles. The first-order chi connectivity index (χ1) is 14.5. The zero-order valence-corrected chi connectivity index (χ0v) is 18.6. The maximum atomic E-state index is 12.8. The molecule has 0 saturated carbocycles. The monoisotopic (exact) mass is 437 g/mol. The van der Waals surface area contributed by atoms with Gasteiger partial charge in [0.2, 0.25) is 15.9 Å². The van der Waals surface area contributed by atoms with Gasteiger partial charge in [0.05, 0.1) is 24.9 Å². The summed E-state index contributed by atoms with van der Waals surface area (Å²) in [6, 6.07) is 9.94. The van der Waals surface area contributed by atoms with Crippen molar-refractivity contribution in [3.05, 3.63) is 35.9 Å². The Labute approximate surface area is 180 Å². The average Bonchev–Trinajstić information content (AvgIpc) is 2.78. The molecule has 1 N–H and O–H groups in total. The second kappa shape index (κ2) is 11.8. The largest absolute Gasteiger partial charge is 0.379 e. The fraction of sp³-hybridized carbons (Fsp3) is 0.682. The molecule has 8 heteroatoms. The average molecular weight is 438 g/mol. The van der Waals surface area contributed by atoms with Gasteiger partial charge in [0, 0.05) is 32.7 Å². The molecule has 2 heterocycles. The first-order valence-electron chi connectivity index (χ1n) is 11.1. The molecule has 0 radical (unpaired) electrons. The molecule has 2 aliphatic rings. The van der Waals surface area contributed by atoms with Crippen LogP contribution in [-0.4, -0.2) is 81.8 Å². The van der Waals surface area contributed by atoms with Crippen LogP contribution in [0.4, 0.5) is 0 Å². The first-order valence-corrected chi connectivity index (χ1v) is 12.7. The van der Waals surface area contributed by atoms with Crippen LogP contribution in [0.2, 0.25) is 0 Å². The van der Waals surface area contributed by atoms with Gasteiger partial charge in [0.15, 0.2) is 0 Å². The van der Waals surface area contributed by atoms with Crippen molar-refractivity contribution in [2.45, 2.75) is 32.1 Å². The molecule has 3 rings (SSSR count). The van der Waals surface area contributed by atoms with Gasteiger partial charge in [-0.3, -0.25) is 9.69 Å². The molecule has 1 amide bonds. The summed E-state index contributed by atoms with van der Waals surface area (Å²) in [5, 5.41) is 3.01. The van der Waals surface area contributed by atoms with Crippen LogP contribution in [-0.2, 0) is 26.0 Å². The van der Waals surface area contributed by atoms with Crippen LogP contribution in [0.15, 0.2) is 30.3 Å². The number of nitrogens with one attached hydrogen (secondary N) is 1. The highest BCUT2D eigenvalue weighted by atomic mass is 32.2. The zero-order chi connectivity index (χ0) is 21.2. The zero-order valence-electron chi connectivity index (χ0n) is 17.8. The van der Waals surface area contributed by atoms with Gasteiger partial charge in [-0.2, -0.15) is 0 Å². The molecule has 0 spiro atoms. The summed E-state index contributed by atoms with van der Waals surface area (Å²) in [7, 11) is -3.32. The van der Waals surface area contributed by atoms with Crippen LogP contribution in [0, 0.1) is 5.92 Å². The van der Waals surface area contributed by atoms with Crippen molar-refractivity contribution in [2.75, 3.05) is 58.2 Å². The number of carbonyl (C=O) groups is 1. The van der Waals surface area contributed by atoms with E-state index in [1.54, 1.807) is 0 Å². The third-order valence-corrected chi connectivity index (χ3v) is 7.84. The normalized spacial score (nSPS) is 21.4. The second-order valence-electron chi connectivity index (χ2n) is 8.20. The number of ether oxygens (including phenoxy) is 1. The Hall–Kier alpha value is -1.48. The molecule has 7 nitrogen and oxygen atoms in total. The fourth-order valence-corrected chi connectivity index (χ4v) is 5.71. The lowest BCUT2D eigenvalue weighted by atomic mass is 9.99. The molecule has 30 heavy (non-hydrogen) atoms. The molecule has 1 atom stereocenters. The SMILES string of the molecule is O=C(NCCCN1CCOCC1)[C@@H]1CCCN(S(=O)(=O)CCCc2ccccc2)C1. The molecule has 2 aliphatic heterocycles. The van der Waals surface area contributed by atoms with Crippen LogP contribution >= 0.6 is 0 Å². The van der Waals surface area contributed by atoms with Crippen LogP contribution in [0.1, 0.15) is 31.2 Å². The van der Waals surface area contributed by atoms with Crippen molar-refractivity contribution in [3.8, 4) is 0 Å². The first kappa shape index (κ1) is 23.2. The lowest BCUT2D eigenvalue weighted by Gasteiger charge is -2.31. The minimum atomic E-state index is -3.32. The minimum absolute atomic E-state index is 0.0128. The van der Waals surface area contributed by atoms with Gasteiger partial charge < -0.3 is 10.1 Å². The molecule has 0 unspecified atom stereocenters. The Morgan fingerprint density at radius 2 is 1.87 bits per heavy atom. The number of piperidine rings is 1. The highest BCUT2D eigenvalue weighted by Gasteiger charge is 2.31. The molecule has 2 fully saturated rings. The number of carbonyl (C=O) groups excluding carboxylic acids is 1. The Bertz CT molecular complexity index is 751. The van der Waals surface area contributed by atoms with Gasteiger partial charge in [-0.05, 0) is 44.2 Å². The van der Waals surface area contributed by atoms with Crippen molar-refractivity contribution >= 4 is 15.9 Å². The number of morpholine rings is 1. The molecule has 168 valence electrons. The van der Waals surface area contributed by atoms with Crippen LogP contribution in [0.3, 0.4) is 0 Å². The molecule has 0 aliphatic carbocycles. The Morgan fingerprint density at radius 1 is 1.10 bits per heavy atom. The van der Waals surface area contributed by atoms with Crippen LogP contribution in [0.25, 0.3) is 0 Å². The maximum absolute atomic E-state index is 12.8. The number of benzene rings is 1. The lowest BCUT2D eigenvalue weighted by molar-refractivity contribution is -0.126. The number of rotatable bonds is 10. The van der Waals surface area contributed by atoms with E-state index >= 15 is 0 Å². The number of sulfonamides is 1. The highest BCUT2D eigenvalue weighted by Crippen LogP contribution is 2.20. The number of hydrogen-bond donors (Lipinski definition) is 1. The summed E-state index contributed by atoms with van der Waals surface area (Å²) in [6.45, 7) is 5.89. The van der Waals surface area contributed by atoms with Gasteiger partial charge in [-0.25, -0.2) is 12.7 Å². The topological polar surface area (TPSA) is 79.0 Å². The van der Waals surface area contributed by atoms with Gasteiger partial charge in [-0.1, -0.05) is 30.3 Å². The lowest BCUT2D eigenvalue weighted by Crippen LogP contribution is -2.46. The van der Waals surface area contributed by atoms with Crippen molar-refractivity contribution in [2.24, 2.45) is 5.92 Å². The van der Waals surface area contributed by atoms with Crippen LogP contribution < -0.4 is 5.32 Å². The third kappa shape index (κ3) is 7.34. The summed E-state index contributed by atoms with van der Waals surface area (Å²) in [6.07, 6.45) is 3.75. The molecule has 1 aromatic rings. The van der Waals surface area contributed by atoms with E-state index in [-0.39, 0.29) is 17.6 Å². The van der Waals surface area contributed by atoms with E-state index in [1.807, 2.05) is 30.3 Å². The van der Waals surface area contributed by atoms with E-state index in [9.17, 15) is 13.2 Å². The molecule has 1 aromatic carbocycles.